The molecule has 5 amide bonds. The standard InChI is InChI=1S/C25H23N7O3.C23H23ClN6O3.C23H20F4N6O2.C20H19FN6O3/c33-25(22-23(35-15-26-22)17-4-2-1-3-5-17)30-20-13-27-31-21(20)24-28-18-7-6-16(12-19(18)29-24)14-32-8-10-34-11-9-32;1-32-20-11-15(24)3-4-16(20)23(31)28-19-12-25-29-21(19)22-26-17-5-2-14(10-18(17)27-22)13-30-6-8-33-9-7-30;24-16-3-2-14(23(25,26)27)10-15(16)22(34)31-19-11-28-32-20(19)21-29-17-4-1-13(9-18(17)30-21)12-33-5-7-35-8-6-33;1-29-16-7-13-14(8-17(16)30-2)25-19(24-13)18-15(10-23-27-18)26-20(28)22-9-11-3-5-12(21)6-4-11/h1-7,12-13,15,21,31H,8-11,14H2,(H,28,29);2-5,10-12H,6-9,13H2,1H3,(H,25,29)(H,26,27)(H,28,31);1-4,9-11H,5-8,12H2,(H,28,32)(H,29,30)(H,31,34);3-8,10H,9H2,1-2H3,(H,23,27)(H,24,25)(H2,22,26,28). The van der Waals surface area contributed by atoms with Crippen LogP contribution in [0, 0.1) is 11.6 Å². The number of fused-ring (bicyclic) bond motifs is 4. The average molecular weight is 1840 g/mol. The number of nitrogens with zero attached hydrogens (tertiary/aromatic N) is 13. The Morgan fingerprint density at radius 1 is 0.519 bits per heavy atom. The maximum absolute atomic E-state index is 14.1. The van der Waals surface area contributed by atoms with Crippen molar-refractivity contribution in [3.8, 4) is 63.1 Å². The number of aromatic nitrogens is 15. The number of aromatic amines is 7. The van der Waals surface area contributed by atoms with E-state index >= 15 is 0 Å². The van der Waals surface area contributed by atoms with Crippen molar-refractivity contribution in [2.24, 2.45) is 10.1 Å². The van der Waals surface area contributed by atoms with Gasteiger partial charge in [-0.3, -0.25) is 49.8 Å². The summed E-state index contributed by atoms with van der Waals surface area (Å²) in [5, 5.41) is 35.8. The predicted octanol–water partition coefficient (Wildman–Crippen LogP) is 14.3. The van der Waals surface area contributed by atoms with Crippen LogP contribution >= 0.6 is 11.6 Å². The number of alkyl halides is 3. The molecular formula is C91H85ClF5N25O11. The van der Waals surface area contributed by atoms with E-state index in [0.29, 0.717) is 134 Å². The molecule has 1 atom stereocenters. The molecule has 0 bridgehead atoms. The minimum Gasteiger partial charge on any atom is -0.496 e. The molecule has 0 spiro atoms. The predicted molar refractivity (Wildman–Crippen MR) is 484 cm³/mol. The zero-order chi connectivity index (χ0) is 92.1. The van der Waals surface area contributed by atoms with E-state index in [1.807, 2.05) is 60.7 Å². The number of hydrogen-bond donors (Lipinski definition) is 12. The molecule has 12 heterocycles. The quantitative estimate of drug-likeness (QED) is 0.0280. The van der Waals surface area contributed by atoms with Crippen molar-refractivity contribution in [3.63, 3.8) is 0 Å². The van der Waals surface area contributed by atoms with Crippen LogP contribution in [0.2, 0.25) is 5.02 Å². The molecule has 20 rings (SSSR count). The number of halogens is 6. The number of urea groups is 1. The summed E-state index contributed by atoms with van der Waals surface area (Å²) in [5.41, 5.74) is 16.0. The Labute approximate surface area is 757 Å². The molecule has 682 valence electrons. The third-order valence-electron chi connectivity index (χ3n) is 21.9. The number of ether oxygens (including phenoxy) is 6. The summed E-state index contributed by atoms with van der Waals surface area (Å²) in [5.74, 6) is 0.705. The Balaban J connectivity index is 0.000000124. The summed E-state index contributed by atoms with van der Waals surface area (Å²) < 4.78 is 104. The van der Waals surface area contributed by atoms with Crippen molar-refractivity contribution < 1.29 is 74.0 Å². The van der Waals surface area contributed by atoms with Gasteiger partial charge in [-0.25, -0.2) is 43.5 Å². The topological polar surface area (TPSA) is 445 Å². The van der Waals surface area contributed by atoms with Gasteiger partial charge in [-0.05, 0) is 107 Å². The highest BCUT2D eigenvalue weighted by molar-refractivity contribution is 6.36. The number of benzene rings is 8. The average Bonchev–Trinajstić information content (AvgIpc) is 1.64. The maximum Gasteiger partial charge on any atom is 0.416 e. The molecule has 4 aliphatic rings. The smallest absolute Gasteiger partial charge is 0.416 e. The molecule has 0 radical (unpaired) electrons. The van der Waals surface area contributed by atoms with Crippen LogP contribution in [-0.2, 0) is 46.6 Å². The van der Waals surface area contributed by atoms with Crippen LogP contribution in [0.5, 0.6) is 17.2 Å². The number of rotatable bonds is 22. The van der Waals surface area contributed by atoms with E-state index in [-0.39, 0.29) is 29.7 Å². The van der Waals surface area contributed by atoms with Crippen LogP contribution in [-0.4, -0.2) is 226 Å². The van der Waals surface area contributed by atoms with Gasteiger partial charge in [0.2, 0.25) is 0 Å². The molecule has 36 nitrogen and oxygen atoms in total. The lowest BCUT2D eigenvalue weighted by molar-refractivity contribution is -0.137. The summed E-state index contributed by atoms with van der Waals surface area (Å²) in [7, 11) is 4.61. The number of aliphatic imine (C=N–C) groups is 1. The highest BCUT2D eigenvalue weighted by Gasteiger charge is 2.34. The van der Waals surface area contributed by atoms with Crippen molar-refractivity contribution >= 4 is 108 Å². The Hall–Kier alpha value is -15.4. The first kappa shape index (κ1) is 89.6. The van der Waals surface area contributed by atoms with Crippen molar-refractivity contribution in [1.29, 1.82) is 0 Å². The number of nitrogens with one attached hydrogen (secondary N) is 12. The third kappa shape index (κ3) is 21.5. The second-order valence-corrected chi connectivity index (χ2v) is 31.2. The maximum atomic E-state index is 14.1. The van der Waals surface area contributed by atoms with E-state index in [0.717, 1.165) is 135 Å². The highest BCUT2D eigenvalue weighted by Crippen LogP contribution is 2.37. The van der Waals surface area contributed by atoms with Gasteiger partial charge in [0.25, 0.3) is 17.7 Å². The van der Waals surface area contributed by atoms with E-state index in [9.17, 15) is 41.1 Å². The van der Waals surface area contributed by atoms with Crippen LogP contribution in [0.4, 0.5) is 43.8 Å². The second-order valence-electron chi connectivity index (χ2n) is 30.7. The minimum absolute atomic E-state index is 0.138. The van der Waals surface area contributed by atoms with Crippen molar-refractivity contribution in [2.45, 2.75) is 38.4 Å². The zero-order valence-electron chi connectivity index (χ0n) is 71.4. The fourth-order valence-corrected chi connectivity index (χ4v) is 15.2. The van der Waals surface area contributed by atoms with Crippen molar-refractivity contribution in [1.82, 2.24) is 101 Å². The van der Waals surface area contributed by atoms with Crippen LogP contribution in [0.3, 0.4) is 0 Å². The van der Waals surface area contributed by atoms with Gasteiger partial charge < -0.3 is 74.0 Å². The number of morpholine rings is 3. The number of methoxy groups -OCH3 is 3. The third-order valence-corrected chi connectivity index (χ3v) is 22.1. The van der Waals surface area contributed by atoms with E-state index < -0.39 is 47.0 Å². The van der Waals surface area contributed by atoms with Gasteiger partial charge in [0.1, 0.15) is 46.3 Å². The summed E-state index contributed by atoms with van der Waals surface area (Å²) in [6, 6.07) is 42.6. The molecule has 4 aliphatic heterocycles. The molecule has 42 heteroatoms. The van der Waals surface area contributed by atoms with Gasteiger partial charge >= 0.3 is 12.2 Å². The van der Waals surface area contributed by atoms with Crippen molar-refractivity contribution in [2.75, 3.05) is 116 Å². The molecule has 0 saturated carbocycles. The van der Waals surface area contributed by atoms with Gasteiger partial charge in [0.15, 0.2) is 46.8 Å². The van der Waals surface area contributed by atoms with E-state index in [1.54, 1.807) is 62.9 Å². The number of carbonyl (C=O) groups is 4. The fraction of sp³-hybridized carbons (Fsp3) is 0.231. The summed E-state index contributed by atoms with van der Waals surface area (Å²) in [4.78, 5) is 97.7. The number of hydrazone groups is 1. The number of amides is 5. The molecule has 3 fully saturated rings. The summed E-state index contributed by atoms with van der Waals surface area (Å²) in [6.45, 7) is 12.7. The van der Waals surface area contributed by atoms with Crippen LogP contribution in [0.25, 0.3) is 90.0 Å². The van der Waals surface area contributed by atoms with E-state index in [2.05, 4.69) is 146 Å². The normalized spacial score (nSPS) is 15.1. The lowest BCUT2D eigenvalue weighted by atomic mass is 10.1. The van der Waals surface area contributed by atoms with Gasteiger partial charge in [-0.2, -0.15) is 33.6 Å². The molecule has 8 aromatic carbocycles. The van der Waals surface area contributed by atoms with Gasteiger partial charge in [-0.1, -0.05) is 72.3 Å². The van der Waals surface area contributed by atoms with E-state index in [1.165, 1.54) is 55.4 Å². The fourth-order valence-electron chi connectivity index (χ4n) is 15.1. The van der Waals surface area contributed by atoms with Crippen LogP contribution in [0.15, 0.2) is 197 Å². The Morgan fingerprint density at radius 2 is 1.01 bits per heavy atom. The number of carbonyl (C=O) groups excluding carboxylic acids is 4. The minimum atomic E-state index is -4.71. The first-order chi connectivity index (χ1) is 64.7. The molecule has 0 aliphatic carbocycles. The lowest BCUT2D eigenvalue weighted by Gasteiger charge is -2.26. The van der Waals surface area contributed by atoms with Gasteiger partial charge in [0.05, 0.1) is 169 Å². The second kappa shape index (κ2) is 40.7. The van der Waals surface area contributed by atoms with E-state index in [4.69, 9.17) is 49.4 Å². The molecule has 12 N–H and O–H groups in total. The number of H-pyrrole nitrogens is 7. The van der Waals surface area contributed by atoms with Gasteiger partial charge in [-0.15, -0.1) is 0 Å². The molecule has 133 heavy (non-hydrogen) atoms. The number of hydrogen-bond acceptors (Lipinski definition) is 24. The largest absolute Gasteiger partial charge is 0.496 e. The molecule has 16 aromatic rings. The summed E-state index contributed by atoms with van der Waals surface area (Å²) in [6.07, 6.45) is 2.38. The highest BCUT2D eigenvalue weighted by atomic mass is 35.5. The van der Waals surface area contributed by atoms with Crippen molar-refractivity contribution in [3.05, 3.63) is 250 Å². The summed E-state index contributed by atoms with van der Waals surface area (Å²) >= 11 is 6.01. The molecule has 1 unspecified atom stereocenters. The van der Waals surface area contributed by atoms with Crippen LogP contribution < -0.4 is 40.9 Å². The number of imidazole rings is 4. The zero-order valence-corrected chi connectivity index (χ0v) is 72.1. The number of anilines is 3. The molecular weight excluding hydrogens is 1750 g/mol. The first-order valence-electron chi connectivity index (χ1n) is 41.8. The SMILES string of the molecule is COc1cc(Cl)ccc1C(=O)Nc1cn[nH]c1-c1nc2ccc(CN3CCOCC3)cc2[nH]1.COc1cc2nc(-c3[nH]ncc3NC(=O)NCc3ccc(F)cc3)[nH]c2cc1OC.O=C(N=C1C=NNC1c1nc2ccc(CN3CCOCC3)cc2[nH]1)c1ncoc1-c1ccccc1.O=C(Nc1cn[nH]c1-c1nc2ccc(CN3CCOCC3)cc2[nH]1)c1cc(C(F)(F)F)ccc1F. The monoisotopic (exact) mass is 1830 g/mol. The Bertz CT molecular complexity index is 6870. The lowest BCUT2D eigenvalue weighted by Crippen LogP contribution is -2.35. The van der Waals surface area contributed by atoms with Crippen LogP contribution in [0.1, 0.15) is 70.9 Å². The van der Waals surface area contributed by atoms with Gasteiger partial charge in [0, 0.05) is 88.2 Å². The first-order valence-corrected chi connectivity index (χ1v) is 42.2. The Kier molecular flexibility index (Phi) is 27.4. The molecule has 8 aromatic heterocycles. The Morgan fingerprint density at radius 3 is 1.54 bits per heavy atom. The molecule has 3 saturated heterocycles. The number of oxazole rings is 1.